The highest BCUT2D eigenvalue weighted by Crippen LogP contribution is 2.29. The summed E-state index contributed by atoms with van der Waals surface area (Å²) in [6.07, 6.45) is 4.70. The third-order valence-electron chi connectivity index (χ3n) is 4.15. The summed E-state index contributed by atoms with van der Waals surface area (Å²) in [5.74, 6) is 0.286. The SMILES string of the molecule is CCC(c1ccc(F)cn1)N1CCCC(C(C)N)C1. The molecule has 1 aliphatic heterocycles. The molecule has 0 radical (unpaired) electrons. The van der Waals surface area contributed by atoms with Crippen LogP contribution in [0.5, 0.6) is 0 Å². The van der Waals surface area contributed by atoms with E-state index in [0.717, 1.165) is 25.2 Å². The van der Waals surface area contributed by atoms with Gasteiger partial charge in [0.05, 0.1) is 17.9 Å². The Kier molecular flexibility index (Phi) is 4.88. The van der Waals surface area contributed by atoms with Crippen molar-refractivity contribution >= 4 is 0 Å². The molecular formula is C15H24FN3. The first-order valence-corrected chi connectivity index (χ1v) is 7.23. The van der Waals surface area contributed by atoms with E-state index >= 15 is 0 Å². The van der Waals surface area contributed by atoms with Gasteiger partial charge in [0.15, 0.2) is 0 Å². The van der Waals surface area contributed by atoms with E-state index in [1.165, 1.54) is 25.1 Å². The van der Waals surface area contributed by atoms with Crippen molar-refractivity contribution in [3.63, 3.8) is 0 Å². The Labute approximate surface area is 115 Å². The molecule has 3 nitrogen and oxygen atoms in total. The molecule has 1 aromatic rings. The maximum Gasteiger partial charge on any atom is 0.141 e. The zero-order chi connectivity index (χ0) is 13.8. The van der Waals surface area contributed by atoms with Gasteiger partial charge in [0.1, 0.15) is 5.82 Å². The fraction of sp³-hybridized carbons (Fsp3) is 0.667. The second-order valence-corrected chi connectivity index (χ2v) is 5.58. The van der Waals surface area contributed by atoms with Crippen LogP contribution in [0.4, 0.5) is 4.39 Å². The summed E-state index contributed by atoms with van der Waals surface area (Å²) < 4.78 is 13.0. The molecule has 0 aliphatic carbocycles. The molecule has 2 N–H and O–H groups in total. The first-order valence-electron chi connectivity index (χ1n) is 7.23. The maximum atomic E-state index is 13.0. The topological polar surface area (TPSA) is 42.2 Å². The van der Waals surface area contributed by atoms with E-state index in [2.05, 4.69) is 23.7 Å². The van der Waals surface area contributed by atoms with E-state index < -0.39 is 0 Å². The van der Waals surface area contributed by atoms with Gasteiger partial charge in [-0.15, -0.1) is 0 Å². The lowest BCUT2D eigenvalue weighted by Gasteiger charge is -2.39. The van der Waals surface area contributed by atoms with Crippen molar-refractivity contribution in [1.82, 2.24) is 9.88 Å². The molecule has 2 rings (SSSR count). The average Bonchev–Trinajstić information content (AvgIpc) is 2.42. The smallest absolute Gasteiger partial charge is 0.141 e. The van der Waals surface area contributed by atoms with Gasteiger partial charge < -0.3 is 5.73 Å². The zero-order valence-electron chi connectivity index (χ0n) is 11.8. The van der Waals surface area contributed by atoms with E-state index in [-0.39, 0.29) is 17.9 Å². The summed E-state index contributed by atoms with van der Waals surface area (Å²) in [6, 6.07) is 3.82. The second kappa shape index (κ2) is 6.44. The minimum atomic E-state index is -0.272. The average molecular weight is 265 g/mol. The second-order valence-electron chi connectivity index (χ2n) is 5.58. The van der Waals surface area contributed by atoms with Gasteiger partial charge in [0.25, 0.3) is 0 Å². The number of likely N-dealkylation sites (tertiary alicyclic amines) is 1. The van der Waals surface area contributed by atoms with Gasteiger partial charge in [-0.3, -0.25) is 9.88 Å². The summed E-state index contributed by atoms with van der Waals surface area (Å²) in [5, 5.41) is 0. The molecule has 0 spiro atoms. The molecule has 0 aromatic carbocycles. The molecule has 1 aromatic heterocycles. The van der Waals surface area contributed by atoms with Crippen LogP contribution in [0, 0.1) is 11.7 Å². The third kappa shape index (κ3) is 3.51. The quantitative estimate of drug-likeness (QED) is 0.910. The highest BCUT2D eigenvalue weighted by atomic mass is 19.1. The van der Waals surface area contributed by atoms with Gasteiger partial charge in [0.2, 0.25) is 0 Å². The van der Waals surface area contributed by atoms with Gasteiger partial charge in [0, 0.05) is 12.6 Å². The molecule has 4 heteroatoms. The first kappa shape index (κ1) is 14.4. The van der Waals surface area contributed by atoms with Crippen LogP contribution in [0.25, 0.3) is 0 Å². The minimum absolute atomic E-state index is 0.237. The molecular weight excluding hydrogens is 241 g/mol. The fourth-order valence-corrected chi connectivity index (χ4v) is 2.99. The normalized spacial score (nSPS) is 24.1. The predicted molar refractivity (Wildman–Crippen MR) is 75.2 cm³/mol. The maximum absolute atomic E-state index is 13.0. The molecule has 3 unspecified atom stereocenters. The molecule has 3 atom stereocenters. The van der Waals surface area contributed by atoms with Crippen LogP contribution in [0.15, 0.2) is 18.3 Å². The van der Waals surface area contributed by atoms with E-state index in [1.807, 2.05) is 0 Å². The highest BCUT2D eigenvalue weighted by molar-refractivity contribution is 5.10. The van der Waals surface area contributed by atoms with Crippen LogP contribution in [0.1, 0.15) is 44.8 Å². The minimum Gasteiger partial charge on any atom is -0.328 e. The van der Waals surface area contributed by atoms with E-state index in [1.54, 1.807) is 6.07 Å². The number of piperidine rings is 1. The van der Waals surface area contributed by atoms with Crippen molar-refractivity contribution in [2.45, 2.75) is 45.2 Å². The van der Waals surface area contributed by atoms with Crippen molar-refractivity contribution in [3.8, 4) is 0 Å². The number of rotatable bonds is 4. The summed E-state index contributed by atoms with van der Waals surface area (Å²) in [4.78, 5) is 6.70. The number of hydrogen-bond donors (Lipinski definition) is 1. The van der Waals surface area contributed by atoms with E-state index in [9.17, 15) is 4.39 Å². The Bertz CT molecular complexity index is 391. The van der Waals surface area contributed by atoms with Crippen LogP contribution in [0.3, 0.4) is 0 Å². The summed E-state index contributed by atoms with van der Waals surface area (Å²) in [5.41, 5.74) is 7.00. The Balaban J connectivity index is 2.10. The molecule has 1 fully saturated rings. The molecule has 1 saturated heterocycles. The fourth-order valence-electron chi connectivity index (χ4n) is 2.99. The third-order valence-corrected chi connectivity index (χ3v) is 4.15. The lowest BCUT2D eigenvalue weighted by molar-refractivity contribution is 0.108. The summed E-state index contributed by atoms with van der Waals surface area (Å²) >= 11 is 0. The predicted octanol–water partition coefficient (Wildman–Crippen LogP) is 2.73. The van der Waals surface area contributed by atoms with Crippen LogP contribution < -0.4 is 5.73 Å². The molecule has 1 aliphatic rings. The lowest BCUT2D eigenvalue weighted by Crippen LogP contribution is -2.43. The molecule has 0 saturated carbocycles. The number of nitrogens with two attached hydrogens (primary N) is 1. The number of halogens is 1. The van der Waals surface area contributed by atoms with Gasteiger partial charge in [-0.1, -0.05) is 6.92 Å². The van der Waals surface area contributed by atoms with Crippen LogP contribution in [-0.2, 0) is 0 Å². The monoisotopic (exact) mass is 265 g/mol. The van der Waals surface area contributed by atoms with Crippen molar-refractivity contribution in [2.75, 3.05) is 13.1 Å². The Morgan fingerprint density at radius 1 is 1.53 bits per heavy atom. The van der Waals surface area contributed by atoms with Crippen molar-refractivity contribution in [3.05, 3.63) is 29.8 Å². The van der Waals surface area contributed by atoms with E-state index in [0.29, 0.717) is 5.92 Å². The van der Waals surface area contributed by atoms with Crippen molar-refractivity contribution in [2.24, 2.45) is 11.7 Å². The largest absolute Gasteiger partial charge is 0.328 e. The molecule has 106 valence electrons. The molecule has 2 heterocycles. The van der Waals surface area contributed by atoms with Crippen molar-refractivity contribution < 1.29 is 4.39 Å². The molecule has 0 bridgehead atoms. The Hall–Kier alpha value is -1.00. The van der Waals surface area contributed by atoms with Gasteiger partial charge in [-0.05, 0) is 50.8 Å². The Morgan fingerprint density at radius 2 is 2.32 bits per heavy atom. The summed E-state index contributed by atoms with van der Waals surface area (Å²) in [7, 11) is 0. The van der Waals surface area contributed by atoms with Crippen molar-refractivity contribution in [1.29, 1.82) is 0 Å². The molecule has 0 amide bonds. The Morgan fingerprint density at radius 3 is 2.89 bits per heavy atom. The van der Waals surface area contributed by atoms with Gasteiger partial charge in [-0.2, -0.15) is 0 Å². The number of aromatic nitrogens is 1. The van der Waals surface area contributed by atoms with Gasteiger partial charge in [-0.25, -0.2) is 4.39 Å². The van der Waals surface area contributed by atoms with Crippen LogP contribution in [0.2, 0.25) is 0 Å². The zero-order valence-corrected chi connectivity index (χ0v) is 11.8. The highest BCUT2D eigenvalue weighted by Gasteiger charge is 2.28. The van der Waals surface area contributed by atoms with Gasteiger partial charge >= 0.3 is 0 Å². The number of nitrogens with zero attached hydrogens (tertiary/aromatic N) is 2. The first-order chi connectivity index (χ1) is 9.11. The lowest BCUT2D eigenvalue weighted by atomic mass is 9.90. The van der Waals surface area contributed by atoms with Crippen LogP contribution in [-0.4, -0.2) is 29.0 Å². The number of pyridine rings is 1. The van der Waals surface area contributed by atoms with E-state index in [4.69, 9.17) is 5.73 Å². The molecule has 19 heavy (non-hydrogen) atoms. The standard InChI is InChI=1S/C15H24FN3/c1-3-15(14-7-6-13(16)9-18-14)19-8-4-5-12(10-19)11(2)17/h6-7,9,11-12,15H,3-5,8,10,17H2,1-2H3. The summed E-state index contributed by atoms with van der Waals surface area (Å²) in [6.45, 7) is 6.35. The number of hydrogen-bond acceptors (Lipinski definition) is 3. The van der Waals surface area contributed by atoms with Crippen LogP contribution >= 0.6 is 0 Å².